The molecule has 0 heterocycles. The number of hydrogen-bond acceptors (Lipinski definition) is 4. The van der Waals surface area contributed by atoms with E-state index in [0.717, 1.165) is 0 Å². The minimum absolute atomic E-state index is 0.253. The van der Waals surface area contributed by atoms with E-state index in [1.807, 2.05) is 30.3 Å². The SMILES string of the molecule is OOc1ccc(F)cc1CCC[C@@H](O)CNCc1ccccc1. The zero-order chi connectivity index (χ0) is 16.5. The quantitative estimate of drug-likeness (QED) is 0.491. The van der Waals surface area contributed by atoms with Crippen LogP contribution in [0.1, 0.15) is 24.0 Å². The molecule has 0 saturated heterocycles. The lowest BCUT2D eigenvalue weighted by Gasteiger charge is -2.12. The molecule has 0 bridgehead atoms. The van der Waals surface area contributed by atoms with E-state index in [4.69, 9.17) is 5.26 Å². The Bertz CT molecular complexity index is 592. The average Bonchev–Trinajstić information content (AvgIpc) is 2.56. The van der Waals surface area contributed by atoms with Crippen molar-refractivity contribution in [3.8, 4) is 5.75 Å². The third-order valence-corrected chi connectivity index (χ3v) is 3.66. The highest BCUT2D eigenvalue weighted by atomic mass is 19.1. The third kappa shape index (κ3) is 5.98. The molecule has 0 aromatic heterocycles. The van der Waals surface area contributed by atoms with Crippen molar-refractivity contribution >= 4 is 0 Å². The maximum absolute atomic E-state index is 13.2. The Morgan fingerprint density at radius 3 is 2.65 bits per heavy atom. The van der Waals surface area contributed by atoms with Gasteiger partial charge in [-0.15, -0.1) is 0 Å². The summed E-state index contributed by atoms with van der Waals surface area (Å²) in [7, 11) is 0. The summed E-state index contributed by atoms with van der Waals surface area (Å²) in [6.45, 7) is 1.21. The molecule has 0 aliphatic carbocycles. The minimum atomic E-state index is -0.467. The van der Waals surface area contributed by atoms with Crippen molar-refractivity contribution < 1.29 is 19.6 Å². The maximum atomic E-state index is 13.2. The van der Waals surface area contributed by atoms with Gasteiger partial charge < -0.3 is 15.3 Å². The van der Waals surface area contributed by atoms with Gasteiger partial charge >= 0.3 is 0 Å². The topological polar surface area (TPSA) is 61.7 Å². The summed E-state index contributed by atoms with van der Waals surface area (Å²) in [4.78, 5) is 4.23. The van der Waals surface area contributed by atoms with Gasteiger partial charge in [-0.3, -0.25) is 0 Å². The smallest absolute Gasteiger partial charge is 0.168 e. The van der Waals surface area contributed by atoms with Gasteiger partial charge in [0, 0.05) is 18.7 Å². The van der Waals surface area contributed by atoms with Crippen molar-refractivity contribution in [2.24, 2.45) is 0 Å². The van der Waals surface area contributed by atoms with Crippen molar-refractivity contribution in [3.05, 3.63) is 65.5 Å². The first-order valence-corrected chi connectivity index (χ1v) is 7.71. The van der Waals surface area contributed by atoms with Gasteiger partial charge in [0.2, 0.25) is 0 Å². The zero-order valence-corrected chi connectivity index (χ0v) is 12.9. The van der Waals surface area contributed by atoms with Gasteiger partial charge in [-0.2, -0.15) is 0 Å². The third-order valence-electron chi connectivity index (χ3n) is 3.66. The van der Waals surface area contributed by atoms with E-state index >= 15 is 0 Å². The number of hydrogen-bond donors (Lipinski definition) is 3. The van der Waals surface area contributed by atoms with Crippen molar-refractivity contribution in [2.75, 3.05) is 6.54 Å². The average molecular weight is 319 g/mol. The molecule has 2 aromatic carbocycles. The van der Waals surface area contributed by atoms with E-state index in [0.29, 0.717) is 37.9 Å². The molecule has 0 aliphatic rings. The summed E-state index contributed by atoms with van der Waals surface area (Å²) in [5, 5.41) is 21.9. The normalized spacial score (nSPS) is 12.1. The summed E-state index contributed by atoms with van der Waals surface area (Å²) in [5.74, 6) is -0.117. The number of rotatable bonds is 9. The van der Waals surface area contributed by atoms with E-state index in [-0.39, 0.29) is 11.6 Å². The van der Waals surface area contributed by atoms with Crippen LogP contribution in [0.4, 0.5) is 4.39 Å². The molecular formula is C18H22FNO3. The molecule has 2 rings (SSSR count). The highest BCUT2D eigenvalue weighted by molar-refractivity contribution is 5.33. The molecular weight excluding hydrogens is 297 g/mol. The molecule has 0 radical (unpaired) electrons. The number of aliphatic hydroxyl groups excluding tert-OH is 1. The van der Waals surface area contributed by atoms with Gasteiger partial charge in [0.05, 0.1) is 6.10 Å². The van der Waals surface area contributed by atoms with Crippen LogP contribution in [0.3, 0.4) is 0 Å². The van der Waals surface area contributed by atoms with Gasteiger partial charge in [-0.05, 0) is 43.0 Å². The first kappa shape index (κ1) is 17.4. The molecule has 0 saturated carbocycles. The number of aryl methyl sites for hydroxylation is 1. The van der Waals surface area contributed by atoms with Gasteiger partial charge in [-0.25, -0.2) is 9.65 Å². The highest BCUT2D eigenvalue weighted by Gasteiger charge is 2.08. The van der Waals surface area contributed by atoms with Crippen molar-refractivity contribution in [1.82, 2.24) is 5.32 Å². The number of halogens is 1. The molecule has 1 atom stereocenters. The fraction of sp³-hybridized carbons (Fsp3) is 0.333. The fourth-order valence-corrected chi connectivity index (χ4v) is 2.44. The largest absolute Gasteiger partial charge is 0.392 e. The molecule has 3 N–H and O–H groups in total. The lowest BCUT2D eigenvalue weighted by molar-refractivity contribution is -0.138. The Morgan fingerprint density at radius 2 is 1.91 bits per heavy atom. The first-order valence-electron chi connectivity index (χ1n) is 7.71. The predicted molar refractivity (Wildman–Crippen MR) is 86.8 cm³/mol. The Kier molecular flexibility index (Phi) is 7.00. The van der Waals surface area contributed by atoms with Gasteiger partial charge in [0.25, 0.3) is 0 Å². The lowest BCUT2D eigenvalue weighted by Crippen LogP contribution is -2.26. The standard InChI is InChI=1S/C18H22FNO3/c19-16-9-10-18(23-22)15(11-16)7-4-8-17(21)13-20-12-14-5-2-1-3-6-14/h1-3,5-6,9-11,17,20-22H,4,7-8,12-13H2/t17-/m1/s1. The lowest BCUT2D eigenvalue weighted by atomic mass is 10.0. The van der Waals surface area contributed by atoms with Crippen LogP contribution in [0.15, 0.2) is 48.5 Å². The molecule has 23 heavy (non-hydrogen) atoms. The number of benzene rings is 2. The van der Waals surface area contributed by atoms with Crippen LogP contribution in [0, 0.1) is 5.82 Å². The van der Waals surface area contributed by atoms with E-state index in [1.165, 1.54) is 23.8 Å². The summed E-state index contributed by atoms with van der Waals surface area (Å²) >= 11 is 0. The first-order chi connectivity index (χ1) is 11.2. The Hall–Kier alpha value is -1.95. The van der Waals surface area contributed by atoms with E-state index in [9.17, 15) is 9.50 Å². The minimum Gasteiger partial charge on any atom is -0.392 e. The molecule has 2 aromatic rings. The maximum Gasteiger partial charge on any atom is 0.168 e. The fourth-order valence-electron chi connectivity index (χ4n) is 2.44. The molecule has 0 unspecified atom stereocenters. The van der Waals surface area contributed by atoms with E-state index < -0.39 is 6.10 Å². The molecule has 124 valence electrons. The molecule has 4 nitrogen and oxygen atoms in total. The van der Waals surface area contributed by atoms with Crippen molar-refractivity contribution in [2.45, 2.75) is 31.9 Å². The van der Waals surface area contributed by atoms with E-state index in [2.05, 4.69) is 10.2 Å². The molecule has 0 spiro atoms. The summed E-state index contributed by atoms with van der Waals surface area (Å²) in [5.41, 5.74) is 1.76. The summed E-state index contributed by atoms with van der Waals surface area (Å²) in [6.07, 6.45) is 1.33. The van der Waals surface area contributed by atoms with Crippen LogP contribution < -0.4 is 10.2 Å². The second kappa shape index (κ2) is 9.25. The van der Waals surface area contributed by atoms with Crippen LogP contribution in [0.25, 0.3) is 0 Å². The molecule has 0 amide bonds. The Balaban J connectivity index is 1.68. The van der Waals surface area contributed by atoms with Crippen molar-refractivity contribution in [1.29, 1.82) is 0 Å². The van der Waals surface area contributed by atoms with Gasteiger partial charge in [0.15, 0.2) is 5.75 Å². The van der Waals surface area contributed by atoms with Crippen LogP contribution in [-0.2, 0) is 13.0 Å². The van der Waals surface area contributed by atoms with Gasteiger partial charge in [-0.1, -0.05) is 30.3 Å². The number of nitrogens with one attached hydrogen (secondary N) is 1. The predicted octanol–water partition coefficient (Wildman–Crippen LogP) is 3.15. The van der Waals surface area contributed by atoms with Gasteiger partial charge in [0.1, 0.15) is 5.82 Å². The summed E-state index contributed by atoms with van der Waals surface area (Å²) < 4.78 is 13.2. The number of aliphatic hydroxyl groups is 1. The van der Waals surface area contributed by atoms with Crippen LogP contribution in [-0.4, -0.2) is 23.0 Å². The van der Waals surface area contributed by atoms with E-state index in [1.54, 1.807) is 0 Å². The van der Waals surface area contributed by atoms with Crippen LogP contribution in [0.5, 0.6) is 5.75 Å². The molecule has 5 heteroatoms. The second-order valence-electron chi connectivity index (χ2n) is 5.51. The Labute approximate surface area is 135 Å². The summed E-state index contributed by atoms with van der Waals surface area (Å²) in [6, 6.07) is 13.9. The zero-order valence-electron chi connectivity index (χ0n) is 12.9. The molecule has 0 fully saturated rings. The monoisotopic (exact) mass is 319 g/mol. The van der Waals surface area contributed by atoms with Crippen molar-refractivity contribution in [3.63, 3.8) is 0 Å². The Morgan fingerprint density at radius 1 is 1.13 bits per heavy atom. The highest BCUT2D eigenvalue weighted by Crippen LogP contribution is 2.21. The second-order valence-corrected chi connectivity index (χ2v) is 5.51. The van der Waals surface area contributed by atoms with Crippen LogP contribution >= 0.6 is 0 Å². The van der Waals surface area contributed by atoms with Crippen LogP contribution in [0.2, 0.25) is 0 Å². The molecule has 0 aliphatic heterocycles.